The number of hydrogen-bond donors (Lipinski definition) is 4. The molecule has 1 fully saturated rings. The van der Waals surface area contributed by atoms with Gasteiger partial charge in [0.15, 0.2) is 6.29 Å². The van der Waals surface area contributed by atoms with Gasteiger partial charge in [0.1, 0.15) is 24.4 Å². The minimum absolute atomic E-state index is 0.187. The summed E-state index contributed by atoms with van der Waals surface area (Å²) >= 11 is 0. The van der Waals surface area contributed by atoms with Gasteiger partial charge in [0.05, 0.1) is 19.8 Å². The van der Waals surface area contributed by atoms with Gasteiger partial charge in [-0.25, -0.2) is 0 Å². The van der Waals surface area contributed by atoms with E-state index in [9.17, 15) is 15.3 Å². The SMILES string of the molecule is CC(C)(C)CCOCCO[C@H]1O[C@H](CO)[C@@H](O)[C@H](O)[C@@H]1O. The van der Waals surface area contributed by atoms with Crippen LogP contribution in [-0.4, -0.2) is 77.6 Å². The average molecular weight is 308 g/mol. The summed E-state index contributed by atoms with van der Waals surface area (Å²) in [6.07, 6.45) is -5.26. The maximum atomic E-state index is 9.75. The van der Waals surface area contributed by atoms with Gasteiger partial charge in [-0.05, 0) is 11.8 Å². The molecule has 0 radical (unpaired) electrons. The van der Waals surface area contributed by atoms with Crippen molar-refractivity contribution < 1.29 is 34.6 Å². The van der Waals surface area contributed by atoms with Crippen LogP contribution in [0.15, 0.2) is 0 Å². The summed E-state index contributed by atoms with van der Waals surface area (Å²) in [5.41, 5.74) is 0.206. The monoisotopic (exact) mass is 308 g/mol. The molecule has 0 unspecified atom stereocenters. The van der Waals surface area contributed by atoms with Crippen molar-refractivity contribution in [3.63, 3.8) is 0 Å². The Kier molecular flexibility index (Phi) is 7.49. The smallest absolute Gasteiger partial charge is 0.186 e. The third kappa shape index (κ3) is 6.15. The van der Waals surface area contributed by atoms with Crippen LogP contribution in [0.2, 0.25) is 0 Å². The third-order valence-corrected chi connectivity index (χ3v) is 3.35. The maximum Gasteiger partial charge on any atom is 0.186 e. The molecule has 0 aromatic heterocycles. The Balaban J connectivity index is 2.25. The summed E-state index contributed by atoms with van der Waals surface area (Å²) in [6, 6.07) is 0. The molecule has 0 saturated carbocycles. The molecule has 0 aromatic rings. The van der Waals surface area contributed by atoms with E-state index in [1.54, 1.807) is 0 Å². The lowest BCUT2D eigenvalue weighted by atomic mass is 9.93. The number of rotatable bonds is 7. The second kappa shape index (κ2) is 8.38. The molecule has 0 amide bonds. The number of ether oxygens (including phenoxy) is 3. The average Bonchev–Trinajstić information content (AvgIpc) is 2.41. The fourth-order valence-corrected chi connectivity index (χ4v) is 1.91. The van der Waals surface area contributed by atoms with Crippen LogP contribution in [0.25, 0.3) is 0 Å². The Morgan fingerprint density at radius 1 is 0.952 bits per heavy atom. The summed E-state index contributed by atoms with van der Waals surface area (Å²) in [6.45, 7) is 7.05. The molecule has 1 rings (SSSR count). The minimum Gasteiger partial charge on any atom is -0.394 e. The van der Waals surface area contributed by atoms with Crippen molar-refractivity contribution in [3.8, 4) is 0 Å². The van der Waals surface area contributed by atoms with E-state index >= 15 is 0 Å². The zero-order chi connectivity index (χ0) is 16.0. The van der Waals surface area contributed by atoms with E-state index in [-0.39, 0.29) is 12.0 Å². The van der Waals surface area contributed by atoms with E-state index < -0.39 is 37.3 Å². The summed E-state index contributed by atoms with van der Waals surface area (Å²) in [4.78, 5) is 0. The molecule has 0 bridgehead atoms. The van der Waals surface area contributed by atoms with Gasteiger partial charge in [0, 0.05) is 6.61 Å². The van der Waals surface area contributed by atoms with Gasteiger partial charge in [-0.3, -0.25) is 0 Å². The van der Waals surface area contributed by atoms with Crippen LogP contribution in [0, 0.1) is 5.41 Å². The molecule has 4 N–H and O–H groups in total. The van der Waals surface area contributed by atoms with Crippen molar-refractivity contribution in [1.29, 1.82) is 0 Å². The van der Waals surface area contributed by atoms with Gasteiger partial charge in [-0.15, -0.1) is 0 Å². The molecule has 1 saturated heterocycles. The Morgan fingerprint density at radius 3 is 2.19 bits per heavy atom. The van der Waals surface area contributed by atoms with E-state index in [1.807, 2.05) is 0 Å². The summed E-state index contributed by atoms with van der Waals surface area (Å²) < 4.78 is 15.9. The molecule has 0 aliphatic carbocycles. The lowest BCUT2D eigenvalue weighted by Crippen LogP contribution is -2.59. The molecule has 0 spiro atoms. The predicted molar refractivity (Wildman–Crippen MR) is 74.6 cm³/mol. The zero-order valence-electron chi connectivity index (χ0n) is 12.9. The summed E-state index contributed by atoms with van der Waals surface area (Å²) in [7, 11) is 0. The molecule has 7 nitrogen and oxygen atoms in total. The predicted octanol–water partition coefficient (Wildman–Crippen LogP) is -0.744. The number of aliphatic hydroxyl groups is 4. The lowest BCUT2D eigenvalue weighted by Gasteiger charge is -2.39. The van der Waals surface area contributed by atoms with Crippen LogP contribution >= 0.6 is 0 Å². The van der Waals surface area contributed by atoms with Crippen molar-refractivity contribution in [2.45, 2.75) is 57.9 Å². The molecular weight excluding hydrogens is 280 g/mol. The summed E-state index contributed by atoms with van der Waals surface area (Å²) in [5, 5.41) is 38.0. The standard InChI is InChI=1S/C14H28O7/c1-14(2,3)4-5-19-6-7-20-13-12(18)11(17)10(16)9(8-15)21-13/h9-13,15-18H,4-8H2,1-3H3/t9-,10-,11+,12+,13+/m1/s1. The number of hydrogen-bond acceptors (Lipinski definition) is 7. The molecule has 1 aliphatic heterocycles. The molecule has 1 aliphatic rings. The van der Waals surface area contributed by atoms with Crippen molar-refractivity contribution in [1.82, 2.24) is 0 Å². The van der Waals surface area contributed by atoms with Crippen LogP contribution in [0.3, 0.4) is 0 Å². The van der Waals surface area contributed by atoms with Crippen molar-refractivity contribution in [2.75, 3.05) is 26.4 Å². The lowest BCUT2D eigenvalue weighted by molar-refractivity contribution is -0.302. The first-order chi connectivity index (χ1) is 9.76. The minimum atomic E-state index is -1.41. The van der Waals surface area contributed by atoms with Crippen molar-refractivity contribution in [2.24, 2.45) is 5.41 Å². The van der Waals surface area contributed by atoms with E-state index in [0.29, 0.717) is 13.2 Å². The Morgan fingerprint density at radius 2 is 1.62 bits per heavy atom. The van der Waals surface area contributed by atoms with E-state index in [4.69, 9.17) is 19.3 Å². The van der Waals surface area contributed by atoms with E-state index in [1.165, 1.54) is 0 Å². The van der Waals surface area contributed by atoms with Gasteiger partial charge in [-0.2, -0.15) is 0 Å². The molecule has 1 heterocycles. The fraction of sp³-hybridized carbons (Fsp3) is 1.00. The Bertz CT molecular complexity index is 290. The van der Waals surface area contributed by atoms with Crippen LogP contribution in [0.4, 0.5) is 0 Å². The van der Waals surface area contributed by atoms with Crippen molar-refractivity contribution in [3.05, 3.63) is 0 Å². The topological polar surface area (TPSA) is 109 Å². The first kappa shape index (κ1) is 18.8. The largest absolute Gasteiger partial charge is 0.394 e. The quantitative estimate of drug-likeness (QED) is 0.458. The van der Waals surface area contributed by atoms with Crippen LogP contribution < -0.4 is 0 Å². The van der Waals surface area contributed by atoms with Gasteiger partial charge in [-0.1, -0.05) is 20.8 Å². The van der Waals surface area contributed by atoms with Gasteiger partial charge in [0.25, 0.3) is 0 Å². The first-order valence-electron chi connectivity index (χ1n) is 7.26. The highest BCUT2D eigenvalue weighted by atomic mass is 16.7. The number of aliphatic hydroxyl groups excluding tert-OH is 4. The Hall–Kier alpha value is -0.280. The van der Waals surface area contributed by atoms with Gasteiger partial charge in [0.2, 0.25) is 0 Å². The van der Waals surface area contributed by atoms with Crippen LogP contribution in [0.5, 0.6) is 0 Å². The van der Waals surface area contributed by atoms with Crippen LogP contribution in [-0.2, 0) is 14.2 Å². The highest BCUT2D eigenvalue weighted by Gasteiger charge is 2.43. The van der Waals surface area contributed by atoms with E-state index in [0.717, 1.165) is 6.42 Å². The summed E-state index contributed by atoms with van der Waals surface area (Å²) in [5.74, 6) is 0. The maximum absolute atomic E-state index is 9.75. The second-order valence-corrected chi connectivity index (χ2v) is 6.49. The van der Waals surface area contributed by atoms with Crippen molar-refractivity contribution >= 4 is 0 Å². The third-order valence-electron chi connectivity index (χ3n) is 3.35. The van der Waals surface area contributed by atoms with Gasteiger partial charge < -0.3 is 34.6 Å². The van der Waals surface area contributed by atoms with E-state index in [2.05, 4.69) is 20.8 Å². The fourth-order valence-electron chi connectivity index (χ4n) is 1.91. The zero-order valence-corrected chi connectivity index (χ0v) is 12.9. The normalized spacial score (nSPS) is 34.1. The Labute approximate surface area is 125 Å². The molecule has 21 heavy (non-hydrogen) atoms. The first-order valence-corrected chi connectivity index (χ1v) is 7.26. The van der Waals surface area contributed by atoms with Gasteiger partial charge >= 0.3 is 0 Å². The molecule has 7 heteroatoms. The molecule has 0 aromatic carbocycles. The van der Waals surface area contributed by atoms with Crippen LogP contribution in [0.1, 0.15) is 27.2 Å². The molecule has 5 atom stereocenters. The highest BCUT2D eigenvalue weighted by molar-refractivity contribution is 4.88. The highest BCUT2D eigenvalue weighted by Crippen LogP contribution is 2.22. The molecule has 126 valence electrons. The molecular formula is C14H28O7. The second-order valence-electron chi connectivity index (χ2n) is 6.49.